The van der Waals surface area contributed by atoms with Crippen molar-refractivity contribution in [1.82, 2.24) is 15.3 Å². The van der Waals surface area contributed by atoms with Crippen molar-refractivity contribution in [3.05, 3.63) is 18.2 Å². The number of nitrogens with zero attached hydrogens (tertiary/aromatic N) is 3. The molecule has 0 bridgehead atoms. The highest BCUT2D eigenvalue weighted by Gasteiger charge is 2.01. The van der Waals surface area contributed by atoms with E-state index in [0.29, 0.717) is 5.69 Å². The van der Waals surface area contributed by atoms with Crippen molar-refractivity contribution >= 4 is 29.0 Å². The lowest BCUT2D eigenvalue weighted by molar-refractivity contribution is -0.136. The zero-order valence-corrected chi connectivity index (χ0v) is 9.49. The van der Waals surface area contributed by atoms with Gasteiger partial charge in [0.1, 0.15) is 6.07 Å². The maximum absolute atomic E-state index is 10.3. The Hall–Kier alpha value is -2.27. The van der Waals surface area contributed by atoms with Gasteiger partial charge in [0.25, 0.3) is 0 Å². The molecule has 0 aliphatic carbocycles. The number of carboxylic acid groups (broad SMARTS) is 1. The molecule has 0 aliphatic heterocycles. The second kappa shape index (κ2) is 6.34. The van der Waals surface area contributed by atoms with Crippen LogP contribution in [0.2, 0.25) is 0 Å². The van der Waals surface area contributed by atoms with Gasteiger partial charge in [-0.25, -0.2) is 9.97 Å². The number of nitriles is 1. The van der Waals surface area contributed by atoms with E-state index in [4.69, 9.17) is 22.6 Å². The van der Waals surface area contributed by atoms with E-state index in [1.54, 1.807) is 6.07 Å². The molecule has 0 spiro atoms. The number of carboxylic acids is 1. The lowest BCUT2D eigenvalue weighted by Gasteiger charge is -2.08. The van der Waals surface area contributed by atoms with E-state index >= 15 is 0 Å². The van der Waals surface area contributed by atoms with Crippen LogP contribution in [0.15, 0.2) is 12.4 Å². The van der Waals surface area contributed by atoms with Gasteiger partial charge in [0.05, 0.1) is 24.5 Å². The highest BCUT2D eigenvalue weighted by molar-refractivity contribution is 7.80. The minimum atomic E-state index is -0.901. The van der Waals surface area contributed by atoms with Gasteiger partial charge in [0, 0.05) is 6.54 Å². The van der Waals surface area contributed by atoms with Crippen LogP contribution in [-0.4, -0.2) is 32.7 Å². The third kappa shape index (κ3) is 4.85. The first-order chi connectivity index (χ1) is 8.11. The van der Waals surface area contributed by atoms with Crippen LogP contribution < -0.4 is 10.6 Å². The normalized spacial score (nSPS) is 9.12. The first-order valence-electron chi connectivity index (χ1n) is 4.60. The highest BCUT2D eigenvalue weighted by Crippen LogP contribution is 2.01. The average molecular weight is 251 g/mol. The third-order valence-corrected chi connectivity index (χ3v) is 1.88. The lowest BCUT2D eigenvalue weighted by atomic mass is 10.4. The summed E-state index contributed by atoms with van der Waals surface area (Å²) >= 11 is 4.91. The fourth-order valence-corrected chi connectivity index (χ4v) is 1.13. The molecule has 8 heteroatoms. The summed E-state index contributed by atoms with van der Waals surface area (Å²) in [7, 11) is 0. The van der Waals surface area contributed by atoms with Crippen molar-refractivity contribution < 1.29 is 9.90 Å². The molecule has 0 saturated heterocycles. The smallest absolute Gasteiger partial charge is 0.305 e. The van der Waals surface area contributed by atoms with Crippen LogP contribution in [0, 0.1) is 11.3 Å². The van der Waals surface area contributed by atoms with Crippen LogP contribution >= 0.6 is 12.2 Å². The summed E-state index contributed by atoms with van der Waals surface area (Å²) in [6, 6.07) is 1.79. The largest absolute Gasteiger partial charge is 0.481 e. The van der Waals surface area contributed by atoms with Crippen molar-refractivity contribution in [3.63, 3.8) is 0 Å². The molecular formula is C9H9N5O2S. The van der Waals surface area contributed by atoms with E-state index in [1.807, 2.05) is 0 Å². The fraction of sp³-hybridized carbons (Fsp3) is 0.222. The van der Waals surface area contributed by atoms with Crippen molar-refractivity contribution in [1.29, 1.82) is 5.26 Å². The van der Waals surface area contributed by atoms with E-state index < -0.39 is 5.97 Å². The zero-order valence-electron chi connectivity index (χ0n) is 8.67. The second-order valence-electron chi connectivity index (χ2n) is 2.93. The number of thiocarbonyl (C=S) groups is 1. The van der Waals surface area contributed by atoms with E-state index in [2.05, 4.69) is 20.6 Å². The second-order valence-corrected chi connectivity index (χ2v) is 3.34. The molecule has 3 N–H and O–H groups in total. The number of carbonyl (C=O) groups is 1. The van der Waals surface area contributed by atoms with Gasteiger partial charge in [0.2, 0.25) is 5.82 Å². The van der Waals surface area contributed by atoms with Crippen LogP contribution in [0.5, 0.6) is 0 Å². The van der Waals surface area contributed by atoms with E-state index in [-0.39, 0.29) is 23.9 Å². The Morgan fingerprint density at radius 3 is 2.71 bits per heavy atom. The highest BCUT2D eigenvalue weighted by atomic mass is 32.1. The number of rotatable bonds is 4. The number of aromatic nitrogens is 2. The van der Waals surface area contributed by atoms with E-state index in [1.165, 1.54) is 12.4 Å². The Labute approximate surface area is 103 Å². The third-order valence-electron chi connectivity index (χ3n) is 1.63. The Bertz CT molecular complexity index is 453. The summed E-state index contributed by atoms with van der Waals surface area (Å²) in [5, 5.41) is 22.7. The molecule has 0 aromatic carbocycles. The molecule has 0 saturated carbocycles. The monoisotopic (exact) mass is 251 g/mol. The first kappa shape index (κ1) is 12.8. The van der Waals surface area contributed by atoms with Crippen LogP contribution in [0.4, 0.5) is 5.69 Å². The number of hydrogen-bond acceptors (Lipinski definition) is 5. The number of anilines is 1. The number of nitrogens with one attached hydrogen (secondary N) is 2. The predicted molar refractivity (Wildman–Crippen MR) is 63.2 cm³/mol. The van der Waals surface area contributed by atoms with Gasteiger partial charge in [0.15, 0.2) is 5.11 Å². The molecule has 0 unspecified atom stereocenters. The Balaban J connectivity index is 2.40. The number of hydrogen-bond donors (Lipinski definition) is 3. The van der Waals surface area contributed by atoms with Crippen LogP contribution in [0.25, 0.3) is 0 Å². The molecule has 1 aromatic heterocycles. The SMILES string of the molecule is N#Cc1ncc(NC(=S)NCCC(=O)O)cn1. The fourth-order valence-electron chi connectivity index (χ4n) is 0.909. The van der Waals surface area contributed by atoms with Crippen LogP contribution in [0.1, 0.15) is 12.2 Å². The quantitative estimate of drug-likeness (QED) is 0.646. The van der Waals surface area contributed by atoms with Gasteiger partial charge in [-0.3, -0.25) is 4.79 Å². The molecule has 0 amide bonds. The molecule has 0 fully saturated rings. The first-order valence-corrected chi connectivity index (χ1v) is 5.01. The van der Waals surface area contributed by atoms with Crippen molar-refractivity contribution in [2.24, 2.45) is 0 Å². The molecule has 88 valence electrons. The minimum absolute atomic E-state index is 0.0221. The van der Waals surface area contributed by atoms with Gasteiger partial charge < -0.3 is 15.7 Å². The number of aliphatic carboxylic acids is 1. The topological polar surface area (TPSA) is 111 Å². The molecule has 17 heavy (non-hydrogen) atoms. The summed E-state index contributed by atoms with van der Waals surface area (Å²) in [6.45, 7) is 0.234. The molecule has 0 radical (unpaired) electrons. The standard InChI is InChI=1S/C9H9N5O2S/c10-3-7-12-4-6(5-13-7)14-9(17)11-2-1-8(15)16/h4-5H,1-2H2,(H,15,16)(H2,11,14,17). The average Bonchev–Trinajstić information content (AvgIpc) is 2.29. The van der Waals surface area contributed by atoms with Crippen molar-refractivity contribution in [2.75, 3.05) is 11.9 Å². The van der Waals surface area contributed by atoms with Gasteiger partial charge >= 0.3 is 5.97 Å². The van der Waals surface area contributed by atoms with Crippen LogP contribution in [0.3, 0.4) is 0 Å². The molecule has 0 aliphatic rings. The zero-order chi connectivity index (χ0) is 12.7. The summed E-state index contributed by atoms with van der Waals surface area (Å²) in [4.78, 5) is 17.7. The van der Waals surface area contributed by atoms with Gasteiger partial charge in [-0.05, 0) is 12.2 Å². The Morgan fingerprint density at radius 1 is 1.53 bits per heavy atom. The maximum Gasteiger partial charge on any atom is 0.305 e. The van der Waals surface area contributed by atoms with Crippen molar-refractivity contribution in [3.8, 4) is 6.07 Å². The molecule has 1 rings (SSSR count). The van der Waals surface area contributed by atoms with E-state index in [9.17, 15) is 4.79 Å². The molecule has 1 heterocycles. The Kier molecular flexibility index (Phi) is 4.77. The summed E-state index contributed by atoms with van der Waals surface area (Å²) in [6.07, 6.45) is 2.80. The maximum atomic E-state index is 10.3. The molecule has 7 nitrogen and oxygen atoms in total. The van der Waals surface area contributed by atoms with Gasteiger partial charge in [-0.15, -0.1) is 0 Å². The summed E-state index contributed by atoms with van der Waals surface area (Å²) < 4.78 is 0. The predicted octanol–water partition coefficient (Wildman–Crippen LogP) is 0.109. The van der Waals surface area contributed by atoms with Gasteiger partial charge in [-0.1, -0.05) is 0 Å². The lowest BCUT2D eigenvalue weighted by Crippen LogP contribution is -2.30. The summed E-state index contributed by atoms with van der Waals surface area (Å²) in [5.74, 6) is -0.831. The van der Waals surface area contributed by atoms with Gasteiger partial charge in [-0.2, -0.15) is 5.26 Å². The Morgan fingerprint density at radius 2 is 2.18 bits per heavy atom. The summed E-state index contributed by atoms with van der Waals surface area (Å²) in [5.41, 5.74) is 0.525. The van der Waals surface area contributed by atoms with E-state index in [0.717, 1.165) is 0 Å². The molecular weight excluding hydrogens is 242 g/mol. The van der Waals surface area contributed by atoms with Crippen LogP contribution in [-0.2, 0) is 4.79 Å². The van der Waals surface area contributed by atoms with Crippen molar-refractivity contribution in [2.45, 2.75) is 6.42 Å². The molecule has 0 atom stereocenters. The molecule has 1 aromatic rings. The minimum Gasteiger partial charge on any atom is -0.481 e.